The molecule has 0 fully saturated rings. The molecule has 88 valence electrons. The predicted octanol–water partition coefficient (Wildman–Crippen LogP) is 1.16. The largest absolute Gasteiger partial charge is 0.300 e. The molecule has 0 spiro atoms. The number of hydrogen-bond donors (Lipinski definition) is 1. The maximum atomic E-state index is 11.2. The summed E-state index contributed by atoms with van der Waals surface area (Å²) in [6.45, 7) is 3.31. The second kappa shape index (κ2) is 4.76. The van der Waals surface area contributed by atoms with Crippen LogP contribution in [-0.2, 0) is 21.2 Å². The lowest BCUT2D eigenvalue weighted by atomic mass is 10.1. The molecule has 0 saturated carbocycles. The third kappa shape index (κ3) is 3.75. The number of aryl methyl sites for hydroxylation is 2. The Morgan fingerprint density at radius 2 is 1.94 bits per heavy atom. The van der Waals surface area contributed by atoms with Crippen LogP contribution < -0.4 is 5.14 Å². The van der Waals surface area contributed by atoms with Gasteiger partial charge in [-0.3, -0.25) is 0 Å². The van der Waals surface area contributed by atoms with Crippen molar-refractivity contribution < 1.29 is 13.2 Å². The molecule has 1 rings (SSSR count). The van der Waals surface area contributed by atoms with Gasteiger partial charge in [0.25, 0.3) is 0 Å². The molecule has 1 aromatic carbocycles. The van der Waals surface area contributed by atoms with Gasteiger partial charge in [-0.05, 0) is 43.5 Å². The number of nitrogens with two attached hydrogens (primary N) is 1. The summed E-state index contributed by atoms with van der Waals surface area (Å²) >= 11 is 0. The molecule has 0 atom stereocenters. The van der Waals surface area contributed by atoms with E-state index in [0.29, 0.717) is 12.8 Å². The first-order valence-electron chi connectivity index (χ1n) is 4.92. The van der Waals surface area contributed by atoms with Gasteiger partial charge in [-0.25, -0.2) is 13.6 Å². The number of sulfonamides is 1. The fourth-order valence-corrected chi connectivity index (χ4v) is 2.12. The number of hydrogen-bond acceptors (Lipinski definition) is 3. The standard InChI is InChI=1S/C11H15NO3S/c1-8-5-10(4-3-9(2)13)7-11(6-8)16(12,14)15/h5-7H,3-4H2,1-2H3,(H2,12,14,15). The van der Waals surface area contributed by atoms with Gasteiger partial charge in [0.05, 0.1) is 4.90 Å². The minimum absolute atomic E-state index is 0.0821. The van der Waals surface area contributed by atoms with E-state index in [4.69, 9.17) is 5.14 Å². The van der Waals surface area contributed by atoms with Gasteiger partial charge < -0.3 is 4.79 Å². The first-order valence-corrected chi connectivity index (χ1v) is 6.46. The van der Waals surface area contributed by atoms with Gasteiger partial charge in [-0.1, -0.05) is 6.07 Å². The zero-order chi connectivity index (χ0) is 12.3. The Bertz CT molecular complexity index is 506. The molecular weight excluding hydrogens is 226 g/mol. The molecule has 0 aliphatic rings. The Morgan fingerprint density at radius 3 is 2.44 bits per heavy atom. The second-order valence-corrected chi connectivity index (χ2v) is 5.46. The highest BCUT2D eigenvalue weighted by Gasteiger charge is 2.09. The summed E-state index contributed by atoms with van der Waals surface area (Å²) in [4.78, 5) is 10.9. The average Bonchev–Trinajstić information content (AvgIpc) is 2.12. The summed E-state index contributed by atoms with van der Waals surface area (Å²) in [7, 11) is -3.67. The Kier molecular flexibility index (Phi) is 3.83. The Morgan fingerprint density at radius 1 is 1.31 bits per heavy atom. The van der Waals surface area contributed by atoms with Crippen molar-refractivity contribution >= 4 is 15.8 Å². The van der Waals surface area contributed by atoms with Crippen LogP contribution in [0.1, 0.15) is 24.5 Å². The van der Waals surface area contributed by atoms with Gasteiger partial charge in [0.15, 0.2) is 0 Å². The van der Waals surface area contributed by atoms with Crippen LogP contribution in [0.25, 0.3) is 0 Å². The molecule has 0 amide bonds. The first-order chi connectivity index (χ1) is 7.29. The molecule has 0 saturated heterocycles. The molecule has 16 heavy (non-hydrogen) atoms. The van der Waals surface area contributed by atoms with Crippen molar-refractivity contribution in [2.24, 2.45) is 5.14 Å². The van der Waals surface area contributed by atoms with Crippen molar-refractivity contribution in [2.45, 2.75) is 31.6 Å². The van der Waals surface area contributed by atoms with Gasteiger partial charge >= 0.3 is 0 Å². The molecule has 0 aliphatic carbocycles. The van der Waals surface area contributed by atoms with Crippen LogP contribution in [0.3, 0.4) is 0 Å². The van der Waals surface area contributed by atoms with E-state index in [1.807, 2.05) is 6.07 Å². The van der Waals surface area contributed by atoms with Crippen LogP contribution in [0.15, 0.2) is 23.1 Å². The maximum Gasteiger partial charge on any atom is 0.238 e. The van der Waals surface area contributed by atoms with E-state index in [0.717, 1.165) is 11.1 Å². The molecule has 1 aromatic rings. The monoisotopic (exact) mass is 241 g/mol. The van der Waals surface area contributed by atoms with E-state index in [1.54, 1.807) is 6.92 Å². The molecule has 0 aliphatic heterocycles. The van der Waals surface area contributed by atoms with Gasteiger partial charge in [0.1, 0.15) is 5.78 Å². The van der Waals surface area contributed by atoms with Crippen molar-refractivity contribution in [3.8, 4) is 0 Å². The Balaban J connectivity index is 3.04. The lowest BCUT2D eigenvalue weighted by Gasteiger charge is -2.05. The zero-order valence-electron chi connectivity index (χ0n) is 9.36. The molecule has 4 nitrogen and oxygen atoms in total. The highest BCUT2D eigenvalue weighted by molar-refractivity contribution is 7.89. The van der Waals surface area contributed by atoms with E-state index in [1.165, 1.54) is 19.1 Å². The molecule has 5 heteroatoms. The van der Waals surface area contributed by atoms with Crippen LogP contribution in [0, 0.1) is 6.92 Å². The zero-order valence-corrected chi connectivity index (χ0v) is 10.2. The van der Waals surface area contributed by atoms with E-state index < -0.39 is 10.0 Å². The summed E-state index contributed by atoms with van der Waals surface area (Å²) in [6.07, 6.45) is 0.951. The Hall–Kier alpha value is -1.20. The molecule has 0 aromatic heterocycles. The number of benzene rings is 1. The summed E-state index contributed by atoms with van der Waals surface area (Å²) in [5, 5.41) is 5.06. The number of carbonyl (C=O) groups excluding carboxylic acids is 1. The molecule has 0 unspecified atom stereocenters. The molecule has 2 N–H and O–H groups in total. The molecule has 0 bridgehead atoms. The number of primary sulfonamides is 1. The van der Waals surface area contributed by atoms with Crippen molar-refractivity contribution in [3.05, 3.63) is 29.3 Å². The number of Topliss-reactive ketones (excluding diaryl/α,β-unsaturated/α-hetero) is 1. The minimum atomic E-state index is -3.67. The van der Waals surface area contributed by atoms with Crippen LogP contribution in [0.4, 0.5) is 0 Å². The molecule has 0 radical (unpaired) electrons. The predicted molar refractivity (Wildman–Crippen MR) is 61.6 cm³/mol. The third-order valence-corrected chi connectivity index (χ3v) is 3.10. The lowest BCUT2D eigenvalue weighted by molar-refractivity contribution is -0.116. The van der Waals surface area contributed by atoms with E-state index in [9.17, 15) is 13.2 Å². The highest BCUT2D eigenvalue weighted by atomic mass is 32.2. The van der Waals surface area contributed by atoms with Crippen LogP contribution >= 0.6 is 0 Å². The first kappa shape index (κ1) is 12.9. The van der Waals surface area contributed by atoms with Gasteiger partial charge in [0, 0.05) is 6.42 Å². The second-order valence-electron chi connectivity index (χ2n) is 3.90. The van der Waals surface area contributed by atoms with E-state index >= 15 is 0 Å². The van der Waals surface area contributed by atoms with Crippen molar-refractivity contribution in [2.75, 3.05) is 0 Å². The summed E-state index contributed by atoms with van der Waals surface area (Å²) < 4.78 is 22.4. The third-order valence-electron chi connectivity index (χ3n) is 2.20. The van der Waals surface area contributed by atoms with Crippen molar-refractivity contribution in [1.29, 1.82) is 0 Å². The van der Waals surface area contributed by atoms with Gasteiger partial charge in [0.2, 0.25) is 10.0 Å². The molecular formula is C11H15NO3S. The van der Waals surface area contributed by atoms with Crippen molar-refractivity contribution in [3.63, 3.8) is 0 Å². The average molecular weight is 241 g/mol. The van der Waals surface area contributed by atoms with Gasteiger partial charge in [-0.2, -0.15) is 0 Å². The van der Waals surface area contributed by atoms with Crippen LogP contribution in [0.2, 0.25) is 0 Å². The quantitative estimate of drug-likeness (QED) is 0.859. The number of ketones is 1. The Labute approximate surface area is 95.5 Å². The fourth-order valence-electron chi connectivity index (χ4n) is 1.45. The van der Waals surface area contributed by atoms with Crippen LogP contribution in [0.5, 0.6) is 0 Å². The number of carbonyl (C=O) groups is 1. The summed E-state index contributed by atoms with van der Waals surface area (Å²) in [6, 6.07) is 4.90. The summed E-state index contributed by atoms with van der Waals surface area (Å²) in [5.74, 6) is 0.0821. The fraction of sp³-hybridized carbons (Fsp3) is 0.364. The van der Waals surface area contributed by atoms with Crippen LogP contribution in [-0.4, -0.2) is 14.2 Å². The normalized spacial score (nSPS) is 11.4. The lowest BCUT2D eigenvalue weighted by Crippen LogP contribution is -2.12. The minimum Gasteiger partial charge on any atom is -0.300 e. The smallest absolute Gasteiger partial charge is 0.238 e. The molecule has 0 heterocycles. The number of rotatable bonds is 4. The van der Waals surface area contributed by atoms with E-state index in [-0.39, 0.29) is 10.7 Å². The topological polar surface area (TPSA) is 77.2 Å². The SMILES string of the molecule is CC(=O)CCc1cc(C)cc(S(N)(=O)=O)c1. The van der Waals surface area contributed by atoms with E-state index in [2.05, 4.69) is 0 Å². The van der Waals surface area contributed by atoms with Crippen molar-refractivity contribution in [1.82, 2.24) is 0 Å². The summed E-state index contributed by atoms with van der Waals surface area (Å²) in [5.41, 5.74) is 1.64. The maximum absolute atomic E-state index is 11.2. The highest BCUT2D eigenvalue weighted by Crippen LogP contribution is 2.15. The van der Waals surface area contributed by atoms with Gasteiger partial charge in [-0.15, -0.1) is 0 Å².